The average molecular weight is 449 g/mol. The van der Waals surface area contributed by atoms with E-state index in [2.05, 4.69) is 0 Å². The van der Waals surface area contributed by atoms with Crippen molar-refractivity contribution in [2.75, 3.05) is 34.3 Å². The molecule has 2 aromatic carbocycles. The van der Waals surface area contributed by atoms with Gasteiger partial charge in [-0.05, 0) is 30.4 Å². The molecular weight excluding hydrogens is 420 g/mol. The highest BCUT2D eigenvalue weighted by Gasteiger charge is 2.40. The zero-order valence-corrected chi connectivity index (χ0v) is 19.3. The second-order valence-electron chi connectivity index (χ2n) is 8.68. The summed E-state index contributed by atoms with van der Waals surface area (Å²) >= 11 is 0. The maximum atomic E-state index is 13.6. The first kappa shape index (κ1) is 22.6. The summed E-state index contributed by atoms with van der Waals surface area (Å²) in [5.41, 5.74) is 2.14. The number of hydrogen-bond donors (Lipinski definition) is 1. The summed E-state index contributed by atoms with van der Waals surface area (Å²) in [7, 11) is 5.59. The monoisotopic (exact) mass is 448 g/mol. The molecule has 1 N–H and O–H groups in total. The second-order valence-corrected chi connectivity index (χ2v) is 8.68. The Bertz CT molecular complexity index is 1220. The van der Waals surface area contributed by atoms with Gasteiger partial charge in [-0.15, -0.1) is 0 Å². The van der Waals surface area contributed by atoms with Crippen LogP contribution in [0.25, 0.3) is 11.0 Å². The summed E-state index contributed by atoms with van der Waals surface area (Å²) in [6.07, 6.45) is 0.715. The van der Waals surface area contributed by atoms with E-state index in [-0.39, 0.29) is 11.3 Å². The molecule has 1 aromatic heterocycles. The van der Waals surface area contributed by atoms with E-state index in [9.17, 15) is 14.7 Å². The molecule has 33 heavy (non-hydrogen) atoms. The normalized spacial score (nSPS) is 16.3. The third-order valence-corrected chi connectivity index (χ3v) is 5.95. The molecule has 0 aliphatic carbocycles. The van der Waals surface area contributed by atoms with Crippen LogP contribution in [-0.2, 0) is 4.79 Å². The van der Waals surface area contributed by atoms with E-state index in [0.29, 0.717) is 29.7 Å². The van der Waals surface area contributed by atoms with Gasteiger partial charge < -0.3 is 24.1 Å². The fourth-order valence-corrected chi connectivity index (χ4v) is 4.24. The van der Waals surface area contributed by atoms with Gasteiger partial charge in [-0.2, -0.15) is 0 Å². The molecule has 1 aliphatic heterocycles. The molecule has 1 unspecified atom stereocenters. The molecule has 7 nitrogen and oxygen atoms in total. The molecule has 0 saturated heterocycles. The van der Waals surface area contributed by atoms with E-state index >= 15 is 0 Å². The molecule has 1 atom stereocenters. The molecule has 0 bridgehead atoms. The number of amides is 1. The van der Waals surface area contributed by atoms with Gasteiger partial charge in [-0.1, -0.05) is 42.0 Å². The van der Waals surface area contributed by atoms with Crippen LogP contribution < -0.4 is 14.7 Å². The molecule has 0 spiro atoms. The molecule has 4 rings (SSSR count). The van der Waals surface area contributed by atoms with Gasteiger partial charge in [0.1, 0.15) is 0 Å². The Morgan fingerprint density at radius 3 is 2.58 bits per heavy atom. The minimum absolute atomic E-state index is 0.0161. The number of fused-ring (bicyclic) bond motifs is 1. The summed E-state index contributed by atoms with van der Waals surface area (Å²) in [5, 5.41) is 13.8. The summed E-state index contributed by atoms with van der Waals surface area (Å²) < 4.78 is 11.1. The quantitative estimate of drug-likeness (QED) is 0.530. The van der Waals surface area contributed by atoms with E-state index in [4.69, 9.17) is 9.15 Å². The van der Waals surface area contributed by atoms with Crippen molar-refractivity contribution in [1.29, 1.82) is 0 Å². The number of Topliss-reactive ketones (excluding diaryl/α,β-unsaturated/α-hetero) is 1. The minimum atomic E-state index is -0.768. The van der Waals surface area contributed by atoms with Crippen molar-refractivity contribution in [2.45, 2.75) is 19.4 Å². The molecule has 2 heterocycles. The molecule has 3 aromatic rings. The highest BCUT2D eigenvalue weighted by atomic mass is 16.5. The second kappa shape index (κ2) is 9.11. The van der Waals surface area contributed by atoms with Gasteiger partial charge >= 0.3 is 0 Å². The summed E-state index contributed by atoms with van der Waals surface area (Å²) in [6.45, 7) is 3.19. The van der Waals surface area contributed by atoms with Gasteiger partial charge in [0.2, 0.25) is 11.7 Å². The van der Waals surface area contributed by atoms with Gasteiger partial charge in [0.25, 0.3) is 0 Å². The number of nitrogens with zero attached hydrogens (tertiary/aromatic N) is 1. The minimum Gasteiger partial charge on any atom is -0.868 e. The molecule has 172 valence electrons. The van der Waals surface area contributed by atoms with Gasteiger partial charge in [0.15, 0.2) is 17.1 Å². The number of carbonyl (C=O) groups excluding carboxylic acids is 2. The largest absolute Gasteiger partial charge is 0.868 e. The Balaban J connectivity index is 1.76. The van der Waals surface area contributed by atoms with Crippen LogP contribution in [0.1, 0.15) is 34.1 Å². The number of furan rings is 1. The molecule has 0 radical (unpaired) electrons. The summed E-state index contributed by atoms with van der Waals surface area (Å²) in [6, 6.07) is 13.7. The number of carbonyl (C=O) groups is 2. The average Bonchev–Trinajstić information content (AvgIpc) is 3.34. The third kappa shape index (κ3) is 4.24. The number of benzene rings is 2. The SMILES string of the molecule is COc1cccc2cc(C(=O)C3=C([O-])C(=O)N(CCC[NH+](C)C)C3c3ccc(C)cc3)oc12. The van der Waals surface area contributed by atoms with E-state index in [1.54, 1.807) is 24.3 Å². The molecule has 0 fully saturated rings. The lowest BCUT2D eigenvalue weighted by Gasteiger charge is -2.27. The number of hydrogen-bond acceptors (Lipinski definition) is 5. The standard InChI is InChI=1S/C26H28N2O5/c1-16-9-11-17(12-10-16)22-21(24(30)26(31)28(22)14-6-13-27(2)3)23(29)20-15-18-7-5-8-19(32-4)25(18)33-20/h5,7-12,15,22,30H,6,13-14H2,1-4H3. The maximum Gasteiger partial charge on any atom is 0.239 e. The molecular formula is C26H28N2O5. The maximum absolute atomic E-state index is 13.6. The van der Waals surface area contributed by atoms with Crippen LogP contribution in [0.5, 0.6) is 5.75 Å². The van der Waals surface area contributed by atoms with Crippen LogP contribution in [0.2, 0.25) is 0 Å². The molecule has 7 heteroatoms. The topological polar surface area (TPSA) is 87.2 Å². The van der Waals surface area contributed by atoms with E-state index < -0.39 is 23.5 Å². The summed E-state index contributed by atoms with van der Waals surface area (Å²) in [4.78, 5) is 29.3. The van der Waals surface area contributed by atoms with Crippen molar-refractivity contribution in [3.63, 3.8) is 0 Å². The number of ether oxygens (including phenoxy) is 1. The zero-order valence-electron chi connectivity index (χ0n) is 19.3. The number of quaternary nitrogens is 1. The number of para-hydroxylation sites is 1. The highest BCUT2D eigenvalue weighted by molar-refractivity contribution is 6.15. The Morgan fingerprint density at radius 1 is 1.18 bits per heavy atom. The number of aryl methyl sites for hydroxylation is 1. The Kier molecular flexibility index (Phi) is 6.24. The van der Waals surface area contributed by atoms with Gasteiger partial charge in [0.05, 0.1) is 33.8 Å². The van der Waals surface area contributed by atoms with Crippen LogP contribution in [0, 0.1) is 6.92 Å². The van der Waals surface area contributed by atoms with Crippen molar-refractivity contribution in [2.24, 2.45) is 0 Å². The number of ketones is 1. The number of nitrogens with one attached hydrogen (secondary N) is 1. The Labute approximate surface area is 192 Å². The molecule has 0 saturated carbocycles. The number of rotatable bonds is 8. The first-order chi connectivity index (χ1) is 15.8. The Morgan fingerprint density at radius 2 is 1.91 bits per heavy atom. The predicted octanol–water partition coefficient (Wildman–Crippen LogP) is 1.67. The van der Waals surface area contributed by atoms with E-state index in [0.717, 1.165) is 17.7 Å². The first-order valence-corrected chi connectivity index (χ1v) is 11.0. The number of methoxy groups -OCH3 is 1. The summed E-state index contributed by atoms with van der Waals surface area (Å²) in [5.74, 6) is -1.48. The fraction of sp³-hybridized carbons (Fsp3) is 0.308. The smallest absolute Gasteiger partial charge is 0.239 e. The van der Waals surface area contributed by atoms with E-state index in [1.807, 2.05) is 45.3 Å². The first-order valence-electron chi connectivity index (χ1n) is 11.0. The van der Waals surface area contributed by atoms with Crippen LogP contribution in [-0.4, -0.2) is 50.9 Å². The highest BCUT2D eigenvalue weighted by Crippen LogP contribution is 2.39. The van der Waals surface area contributed by atoms with Crippen molar-refractivity contribution in [3.05, 3.63) is 76.8 Å². The Hall–Kier alpha value is -3.58. The lowest BCUT2D eigenvalue weighted by atomic mass is 9.94. The van der Waals surface area contributed by atoms with E-state index in [1.165, 1.54) is 16.9 Å². The molecule has 1 aliphatic rings. The van der Waals surface area contributed by atoms with Gasteiger partial charge in [-0.25, -0.2) is 0 Å². The van der Waals surface area contributed by atoms with Crippen LogP contribution in [0.4, 0.5) is 0 Å². The zero-order chi connectivity index (χ0) is 23.7. The van der Waals surface area contributed by atoms with Crippen molar-refractivity contribution in [3.8, 4) is 5.75 Å². The third-order valence-electron chi connectivity index (χ3n) is 5.95. The fourth-order valence-electron chi connectivity index (χ4n) is 4.24. The van der Waals surface area contributed by atoms with Gasteiger partial charge in [0, 0.05) is 23.9 Å². The lowest BCUT2D eigenvalue weighted by molar-refractivity contribution is -0.858. The van der Waals surface area contributed by atoms with Crippen molar-refractivity contribution < 1.29 is 28.7 Å². The molecule has 1 amide bonds. The van der Waals surface area contributed by atoms with Crippen molar-refractivity contribution in [1.82, 2.24) is 4.90 Å². The van der Waals surface area contributed by atoms with Crippen LogP contribution >= 0.6 is 0 Å². The predicted molar refractivity (Wildman–Crippen MR) is 122 cm³/mol. The van der Waals surface area contributed by atoms with Crippen LogP contribution in [0.15, 0.2) is 64.3 Å². The van der Waals surface area contributed by atoms with Crippen molar-refractivity contribution >= 4 is 22.7 Å². The van der Waals surface area contributed by atoms with Gasteiger partial charge in [-0.3, -0.25) is 9.59 Å². The van der Waals surface area contributed by atoms with Crippen LogP contribution in [0.3, 0.4) is 0 Å². The lowest BCUT2D eigenvalue weighted by Crippen LogP contribution is -3.05.